The monoisotopic (exact) mass is 279 g/mol. The molecule has 2 amide bonds. The topological polar surface area (TPSA) is 120 Å². The van der Waals surface area contributed by atoms with Gasteiger partial charge in [-0.2, -0.15) is 0 Å². The van der Waals surface area contributed by atoms with Crippen LogP contribution >= 0.6 is 0 Å². The lowest BCUT2D eigenvalue weighted by molar-refractivity contribution is -0.144. The predicted octanol–water partition coefficient (Wildman–Crippen LogP) is -1.29. The number of hydrogen-bond acceptors (Lipinski definition) is 4. The van der Waals surface area contributed by atoms with Gasteiger partial charge in [-0.3, -0.25) is 14.4 Å². The highest BCUT2D eigenvalue weighted by atomic mass is 16.4. The second-order valence-electron chi connectivity index (χ2n) is 4.48. The Bertz CT molecular complexity index is 636. The molecule has 1 aliphatic rings. The summed E-state index contributed by atoms with van der Waals surface area (Å²) in [5, 5.41) is 11.4. The van der Waals surface area contributed by atoms with Crippen molar-refractivity contribution < 1.29 is 19.5 Å². The number of amides is 2. The summed E-state index contributed by atoms with van der Waals surface area (Å²) in [5.41, 5.74) is -0.209. The van der Waals surface area contributed by atoms with E-state index >= 15 is 0 Å². The van der Waals surface area contributed by atoms with Crippen LogP contribution in [0.15, 0.2) is 16.9 Å². The maximum absolute atomic E-state index is 12.3. The Balaban J connectivity index is 2.36. The molecule has 0 aromatic carbocycles. The maximum Gasteiger partial charge on any atom is 0.328 e. The number of aromatic nitrogens is 1. The summed E-state index contributed by atoms with van der Waals surface area (Å²) in [5.74, 6) is -2.46. The Morgan fingerprint density at radius 1 is 1.35 bits per heavy atom. The summed E-state index contributed by atoms with van der Waals surface area (Å²) >= 11 is 0. The predicted molar refractivity (Wildman–Crippen MR) is 67.3 cm³/mol. The van der Waals surface area contributed by atoms with Gasteiger partial charge in [0.2, 0.25) is 5.91 Å². The van der Waals surface area contributed by atoms with Gasteiger partial charge in [0.05, 0.1) is 0 Å². The summed E-state index contributed by atoms with van der Waals surface area (Å²) in [6, 6.07) is 1.68. The summed E-state index contributed by atoms with van der Waals surface area (Å²) in [7, 11) is 0. The molecule has 0 spiro atoms. The second-order valence-corrected chi connectivity index (χ2v) is 4.48. The molecule has 0 saturated carbocycles. The normalized spacial score (nSPS) is 18.6. The van der Waals surface area contributed by atoms with E-state index in [1.165, 1.54) is 12.1 Å². The van der Waals surface area contributed by atoms with Crippen molar-refractivity contribution in [2.24, 2.45) is 0 Å². The molecule has 8 nitrogen and oxygen atoms in total. The first-order valence-corrected chi connectivity index (χ1v) is 5.90. The number of carboxylic acids is 1. The fourth-order valence-corrected chi connectivity index (χ4v) is 1.97. The van der Waals surface area contributed by atoms with Crippen molar-refractivity contribution in [3.8, 4) is 0 Å². The fourth-order valence-electron chi connectivity index (χ4n) is 1.97. The average molecular weight is 279 g/mol. The zero-order valence-electron chi connectivity index (χ0n) is 10.7. The molecule has 1 saturated heterocycles. The van der Waals surface area contributed by atoms with Crippen molar-refractivity contribution in [3.63, 3.8) is 0 Å². The van der Waals surface area contributed by atoms with Crippen LogP contribution in [-0.2, 0) is 9.59 Å². The zero-order valence-corrected chi connectivity index (χ0v) is 10.7. The molecule has 1 aromatic rings. The number of hydrogen-bond donors (Lipinski definition) is 3. The van der Waals surface area contributed by atoms with E-state index < -0.39 is 29.4 Å². The van der Waals surface area contributed by atoms with E-state index in [-0.39, 0.29) is 18.7 Å². The number of piperazine rings is 1. The lowest BCUT2D eigenvalue weighted by Gasteiger charge is -2.32. The number of H-pyrrole nitrogens is 1. The molecule has 2 heterocycles. The van der Waals surface area contributed by atoms with Gasteiger partial charge in [-0.1, -0.05) is 0 Å². The maximum atomic E-state index is 12.3. The van der Waals surface area contributed by atoms with Gasteiger partial charge in [-0.15, -0.1) is 0 Å². The van der Waals surface area contributed by atoms with Crippen molar-refractivity contribution in [3.05, 3.63) is 33.7 Å². The van der Waals surface area contributed by atoms with Gasteiger partial charge in [-0.05, 0) is 19.1 Å². The highest BCUT2D eigenvalue weighted by Gasteiger charge is 2.36. The second kappa shape index (κ2) is 5.16. The summed E-state index contributed by atoms with van der Waals surface area (Å²) in [6.45, 7) is 1.09. The molecule has 0 radical (unpaired) electrons. The Morgan fingerprint density at radius 3 is 2.65 bits per heavy atom. The molecule has 1 fully saturated rings. The molecule has 106 valence electrons. The highest BCUT2D eigenvalue weighted by molar-refractivity contribution is 5.99. The SMILES string of the molecule is Cc1ccc(C(=O)N2CC(=O)NCC2C(=O)O)c(=O)[nH]1. The van der Waals surface area contributed by atoms with E-state index in [0.29, 0.717) is 5.69 Å². The van der Waals surface area contributed by atoms with Crippen LogP contribution in [0.5, 0.6) is 0 Å². The Kier molecular flexibility index (Phi) is 3.55. The molecule has 1 aromatic heterocycles. The van der Waals surface area contributed by atoms with Crippen LogP contribution < -0.4 is 10.9 Å². The van der Waals surface area contributed by atoms with Crippen LogP contribution in [0.4, 0.5) is 0 Å². The number of carbonyl (C=O) groups is 3. The number of nitrogens with one attached hydrogen (secondary N) is 2. The van der Waals surface area contributed by atoms with Crippen LogP contribution in [-0.4, -0.2) is 51.9 Å². The van der Waals surface area contributed by atoms with Gasteiger partial charge in [0.1, 0.15) is 18.2 Å². The minimum Gasteiger partial charge on any atom is -0.480 e. The number of aromatic amines is 1. The Labute approximate surface area is 113 Å². The van der Waals surface area contributed by atoms with Crippen LogP contribution in [0.25, 0.3) is 0 Å². The van der Waals surface area contributed by atoms with Gasteiger partial charge < -0.3 is 20.3 Å². The lowest BCUT2D eigenvalue weighted by Crippen LogP contribution is -2.59. The van der Waals surface area contributed by atoms with Crippen LogP contribution in [0.1, 0.15) is 16.1 Å². The molecule has 1 unspecified atom stereocenters. The van der Waals surface area contributed by atoms with Crippen molar-refractivity contribution >= 4 is 17.8 Å². The van der Waals surface area contributed by atoms with Crippen LogP contribution in [0.2, 0.25) is 0 Å². The van der Waals surface area contributed by atoms with Gasteiger partial charge in [0.25, 0.3) is 11.5 Å². The smallest absolute Gasteiger partial charge is 0.328 e. The minimum absolute atomic E-state index is 0.177. The number of rotatable bonds is 2. The first-order chi connectivity index (χ1) is 9.40. The van der Waals surface area contributed by atoms with E-state index in [2.05, 4.69) is 10.3 Å². The molecule has 1 atom stereocenters. The molecule has 3 N–H and O–H groups in total. The van der Waals surface area contributed by atoms with Crippen molar-refractivity contribution in [1.82, 2.24) is 15.2 Å². The molecule has 8 heteroatoms. The summed E-state index contributed by atoms with van der Waals surface area (Å²) < 4.78 is 0. The van der Waals surface area contributed by atoms with E-state index in [9.17, 15) is 19.2 Å². The van der Waals surface area contributed by atoms with E-state index in [1.54, 1.807) is 6.92 Å². The third kappa shape index (κ3) is 2.53. The highest BCUT2D eigenvalue weighted by Crippen LogP contribution is 2.09. The number of carbonyl (C=O) groups excluding carboxylic acids is 2. The molecule has 0 aliphatic carbocycles. The Hall–Kier alpha value is -2.64. The van der Waals surface area contributed by atoms with E-state index in [1.807, 2.05) is 0 Å². The van der Waals surface area contributed by atoms with Crippen molar-refractivity contribution in [1.29, 1.82) is 0 Å². The number of aliphatic carboxylic acids is 1. The zero-order chi connectivity index (χ0) is 14.9. The van der Waals surface area contributed by atoms with Crippen molar-refractivity contribution in [2.45, 2.75) is 13.0 Å². The molecular formula is C12H13N3O5. The summed E-state index contributed by atoms with van der Waals surface area (Å²) in [4.78, 5) is 49.8. The van der Waals surface area contributed by atoms with Crippen molar-refractivity contribution in [2.75, 3.05) is 13.1 Å². The van der Waals surface area contributed by atoms with E-state index in [0.717, 1.165) is 4.90 Å². The first-order valence-electron chi connectivity index (χ1n) is 5.90. The minimum atomic E-state index is -1.23. The van der Waals surface area contributed by atoms with Crippen LogP contribution in [0, 0.1) is 6.92 Å². The third-order valence-electron chi connectivity index (χ3n) is 3.01. The lowest BCUT2D eigenvalue weighted by atomic mass is 10.1. The molecule has 2 rings (SSSR count). The van der Waals surface area contributed by atoms with E-state index in [4.69, 9.17) is 5.11 Å². The first kappa shape index (κ1) is 13.8. The fraction of sp³-hybridized carbons (Fsp3) is 0.333. The quantitative estimate of drug-likeness (QED) is 0.622. The van der Waals surface area contributed by atoms with Gasteiger partial charge in [-0.25, -0.2) is 4.79 Å². The third-order valence-corrected chi connectivity index (χ3v) is 3.01. The number of nitrogens with zero attached hydrogens (tertiary/aromatic N) is 1. The molecule has 20 heavy (non-hydrogen) atoms. The largest absolute Gasteiger partial charge is 0.480 e. The molecular weight excluding hydrogens is 266 g/mol. The Morgan fingerprint density at radius 2 is 2.05 bits per heavy atom. The van der Waals surface area contributed by atoms with Gasteiger partial charge in [0.15, 0.2) is 0 Å². The number of aryl methyl sites for hydroxylation is 1. The van der Waals surface area contributed by atoms with Crippen LogP contribution in [0.3, 0.4) is 0 Å². The summed E-state index contributed by atoms with van der Waals surface area (Å²) in [6.07, 6.45) is 0. The van der Waals surface area contributed by atoms with Gasteiger partial charge >= 0.3 is 5.97 Å². The molecule has 1 aliphatic heterocycles. The number of pyridine rings is 1. The number of carboxylic acid groups (broad SMARTS) is 1. The van der Waals surface area contributed by atoms with Gasteiger partial charge in [0, 0.05) is 12.2 Å². The molecule has 0 bridgehead atoms. The average Bonchev–Trinajstić information content (AvgIpc) is 2.37. The standard InChI is InChI=1S/C12H13N3O5/c1-6-2-3-7(10(17)14-6)11(18)15-5-9(16)13-4-8(15)12(19)20/h2-3,8H,4-5H2,1H3,(H,13,16)(H,14,17)(H,19,20).